The Kier molecular flexibility index (Phi) is 7.00. The molecular formula is C23H23N3O4. The average Bonchev–Trinajstić information content (AvgIpc) is 3.22. The van der Waals surface area contributed by atoms with E-state index < -0.39 is 0 Å². The first-order valence-corrected chi connectivity index (χ1v) is 9.55. The van der Waals surface area contributed by atoms with Crippen LogP contribution in [0.4, 0.5) is 5.69 Å². The van der Waals surface area contributed by atoms with Gasteiger partial charge in [-0.25, -0.2) is 10.2 Å². The third-order valence-corrected chi connectivity index (χ3v) is 4.19. The van der Waals surface area contributed by atoms with Gasteiger partial charge in [0.05, 0.1) is 24.9 Å². The van der Waals surface area contributed by atoms with Gasteiger partial charge in [-0.1, -0.05) is 29.8 Å². The third kappa shape index (κ3) is 5.81. The second kappa shape index (κ2) is 10.1. The van der Waals surface area contributed by atoms with Crippen LogP contribution in [0.1, 0.15) is 28.6 Å². The van der Waals surface area contributed by atoms with E-state index in [1.807, 2.05) is 31.2 Å². The number of esters is 1. The maximum atomic E-state index is 11.9. The van der Waals surface area contributed by atoms with Crippen LogP contribution in [0.25, 0.3) is 11.3 Å². The summed E-state index contributed by atoms with van der Waals surface area (Å²) in [6, 6.07) is 18.2. The molecule has 0 atom stereocenters. The zero-order valence-corrected chi connectivity index (χ0v) is 16.8. The van der Waals surface area contributed by atoms with Crippen molar-refractivity contribution >= 4 is 23.8 Å². The molecule has 3 aromatic rings. The summed E-state index contributed by atoms with van der Waals surface area (Å²) < 4.78 is 10.7. The van der Waals surface area contributed by atoms with Crippen molar-refractivity contribution in [3.63, 3.8) is 0 Å². The fourth-order valence-electron chi connectivity index (χ4n) is 2.62. The van der Waals surface area contributed by atoms with Gasteiger partial charge in [-0.05, 0) is 50.2 Å². The van der Waals surface area contributed by atoms with Gasteiger partial charge in [-0.2, -0.15) is 5.10 Å². The fourth-order valence-corrected chi connectivity index (χ4v) is 2.62. The summed E-state index contributed by atoms with van der Waals surface area (Å²) in [4.78, 5) is 23.6. The molecule has 0 radical (unpaired) electrons. The number of ether oxygens (including phenoxy) is 1. The Hall–Kier alpha value is -3.87. The quantitative estimate of drug-likeness (QED) is 0.336. The zero-order chi connectivity index (χ0) is 21.3. The number of furan rings is 1. The van der Waals surface area contributed by atoms with Gasteiger partial charge in [0.1, 0.15) is 11.5 Å². The van der Waals surface area contributed by atoms with Crippen LogP contribution >= 0.6 is 0 Å². The lowest BCUT2D eigenvalue weighted by Gasteiger charge is -2.05. The highest BCUT2D eigenvalue weighted by Crippen LogP contribution is 2.22. The van der Waals surface area contributed by atoms with Gasteiger partial charge >= 0.3 is 5.97 Å². The zero-order valence-electron chi connectivity index (χ0n) is 16.8. The summed E-state index contributed by atoms with van der Waals surface area (Å²) >= 11 is 0. The molecular weight excluding hydrogens is 382 g/mol. The Labute approximate surface area is 174 Å². The Morgan fingerprint density at radius 2 is 1.77 bits per heavy atom. The van der Waals surface area contributed by atoms with Gasteiger partial charge < -0.3 is 14.5 Å². The predicted octanol–water partition coefficient (Wildman–Crippen LogP) is 3.99. The second-order valence-corrected chi connectivity index (χ2v) is 6.51. The molecule has 0 saturated carbocycles. The molecule has 7 heteroatoms. The maximum absolute atomic E-state index is 11.9. The van der Waals surface area contributed by atoms with Crippen LogP contribution in [0.2, 0.25) is 0 Å². The van der Waals surface area contributed by atoms with E-state index in [2.05, 4.69) is 15.8 Å². The first kappa shape index (κ1) is 20.9. The number of nitrogens with one attached hydrogen (secondary N) is 2. The van der Waals surface area contributed by atoms with Crippen LogP contribution in [-0.4, -0.2) is 31.2 Å². The Morgan fingerprint density at radius 1 is 1.03 bits per heavy atom. The molecule has 0 saturated heterocycles. The summed E-state index contributed by atoms with van der Waals surface area (Å²) in [6.07, 6.45) is 1.43. The van der Waals surface area contributed by atoms with E-state index in [9.17, 15) is 9.59 Å². The van der Waals surface area contributed by atoms with Crippen LogP contribution in [0.15, 0.2) is 70.2 Å². The summed E-state index contributed by atoms with van der Waals surface area (Å²) in [6.45, 7) is 4.21. The molecule has 1 amide bonds. The number of carbonyl (C=O) groups is 2. The van der Waals surface area contributed by atoms with Crippen molar-refractivity contribution in [3.8, 4) is 11.3 Å². The molecule has 0 fully saturated rings. The molecule has 30 heavy (non-hydrogen) atoms. The van der Waals surface area contributed by atoms with Crippen LogP contribution < -0.4 is 10.7 Å². The van der Waals surface area contributed by atoms with Crippen molar-refractivity contribution in [1.82, 2.24) is 5.43 Å². The van der Waals surface area contributed by atoms with Crippen LogP contribution in [0.5, 0.6) is 0 Å². The van der Waals surface area contributed by atoms with E-state index in [1.165, 1.54) is 6.21 Å². The minimum absolute atomic E-state index is 0.108. The van der Waals surface area contributed by atoms with E-state index in [-0.39, 0.29) is 18.4 Å². The van der Waals surface area contributed by atoms with E-state index in [0.717, 1.165) is 16.8 Å². The minimum atomic E-state index is -0.357. The molecule has 0 aliphatic carbocycles. The average molecular weight is 405 g/mol. The number of nitrogens with zero attached hydrogens (tertiary/aromatic N) is 1. The monoisotopic (exact) mass is 405 g/mol. The molecule has 0 aliphatic rings. The minimum Gasteiger partial charge on any atom is -0.462 e. The highest BCUT2D eigenvalue weighted by molar-refractivity contribution is 5.90. The van der Waals surface area contributed by atoms with Crippen LogP contribution in [0, 0.1) is 6.92 Å². The molecule has 0 spiro atoms. The van der Waals surface area contributed by atoms with Gasteiger partial charge in [-0.15, -0.1) is 0 Å². The van der Waals surface area contributed by atoms with E-state index in [0.29, 0.717) is 23.7 Å². The first-order valence-electron chi connectivity index (χ1n) is 9.55. The topological polar surface area (TPSA) is 92.9 Å². The number of hydrogen-bond donors (Lipinski definition) is 2. The molecule has 0 bridgehead atoms. The van der Waals surface area contributed by atoms with Gasteiger partial charge in [0.2, 0.25) is 0 Å². The Balaban J connectivity index is 1.51. The molecule has 0 aliphatic heterocycles. The summed E-state index contributed by atoms with van der Waals surface area (Å²) in [5, 5.41) is 6.94. The lowest BCUT2D eigenvalue weighted by Crippen LogP contribution is -2.25. The summed E-state index contributed by atoms with van der Waals surface area (Å²) in [7, 11) is 0. The first-order chi connectivity index (χ1) is 14.5. The number of hydrazone groups is 1. The van der Waals surface area contributed by atoms with E-state index in [1.54, 1.807) is 43.3 Å². The molecule has 1 aromatic heterocycles. The fraction of sp³-hybridized carbons (Fsp3) is 0.174. The summed E-state index contributed by atoms with van der Waals surface area (Å²) in [5.74, 6) is 0.488. The highest BCUT2D eigenvalue weighted by Gasteiger charge is 2.08. The molecule has 2 N–H and O–H groups in total. The number of carbonyl (C=O) groups excluding carboxylic acids is 2. The number of aryl methyl sites for hydroxylation is 1. The van der Waals surface area contributed by atoms with Gasteiger partial charge in [0.15, 0.2) is 0 Å². The van der Waals surface area contributed by atoms with Crippen molar-refractivity contribution < 1.29 is 18.7 Å². The molecule has 154 valence electrons. The van der Waals surface area contributed by atoms with E-state index >= 15 is 0 Å². The number of benzene rings is 2. The van der Waals surface area contributed by atoms with Crippen LogP contribution in [0.3, 0.4) is 0 Å². The molecule has 0 unspecified atom stereocenters. The van der Waals surface area contributed by atoms with Gasteiger partial charge in [0, 0.05) is 11.3 Å². The van der Waals surface area contributed by atoms with Crippen molar-refractivity contribution in [2.24, 2.45) is 5.10 Å². The normalized spacial score (nSPS) is 10.7. The highest BCUT2D eigenvalue weighted by atomic mass is 16.5. The predicted molar refractivity (Wildman–Crippen MR) is 116 cm³/mol. The third-order valence-electron chi connectivity index (χ3n) is 4.19. The Morgan fingerprint density at radius 3 is 2.47 bits per heavy atom. The smallest absolute Gasteiger partial charge is 0.338 e. The maximum Gasteiger partial charge on any atom is 0.338 e. The number of amides is 1. The van der Waals surface area contributed by atoms with Crippen molar-refractivity contribution in [1.29, 1.82) is 0 Å². The standard InChI is InChI=1S/C23H23N3O4/c1-3-29-23(28)18-8-6-17(7-9-18)21-13-12-20(30-21)14-25-26-22(27)15-24-19-10-4-16(2)5-11-19/h4-14,24H,3,15H2,1-2H3,(H,26,27). The number of hydrogen-bond acceptors (Lipinski definition) is 6. The molecule has 7 nitrogen and oxygen atoms in total. The summed E-state index contributed by atoms with van der Waals surface area (Å²) in [5.41, 5.74) is 5.77. The van der Waals surface area contributed by atoms with Gasteiger partial charge in [-0.3, -0.25) is 4.79 Å². The SMILES string of the molecule is CCOC(=O)c1ccc(-c2ccc(C=NNC(=O)CNc3ccc(C)cc3)o2)cc1. The van der Waals surface area contributed by atoms with Crippen molar-refractivity contribution in [2.75, 3.05) is 18.5 Å². The van der Waals surface area contributed by atoms with Crippen LogP contribution in [-0.2, 0) is 9.53 Å². The lowest BCUT2D eigenvalue weighted by atomic mass is 10.1. The lowest BCUT2D eigenvalue weighted by molar-refractivity contribution is -0.119. The number of anilines is 1. The molecule has 1 heterocycles. The van der Waals surface area contributed by atoms with E-state index in [4.69, 9.17) is 9.15 Å². The van der Waals surface area contributed by atoms with Crippen molar-refractivity contribution in [3.05, 3.63) is 77.6 Å². The largest absolute Gasteiger partial charge is 0.462 e. The molecule has 2 aromatic carbocycles. The number of rotatable bonds is 8. The van der Waals surface area contributed by atoms with Gasteiger partial charge in [0.25, 0.3) is 5.91 Å². The van der Waals surface area contributed by atoms with Crippen molar-refractivity contribution in [2.45, 2.75) is 13.8 Å². The molecule has 3 rings (SSSR count). The second-order valence-electron chi connectivity index (χ2n) is 6.51. The Bertz CT molecular complexity index is 1020.